The van der Waals surface area contributed by atoms with E-state index >= 15 is 0 Å². The number of carbonyl (C=O) groups is 2. The van der Waals surface area contributed by atoms with Gasteiger partial charge in [-0.15, -0.1) is 35.8 Å². The topological polar surface area (TPSA) is 75.6 Å². The van der Waals surface area contributed by atoms with Crippen LogP contribution in [0.25, 0.3) is 19.8 Å². The highest BCUT2D eigenvalue weighted by Gasteiger charge is 2.31. The summed E-state index contributed by atoms with van der Waals surface area (Å²) in [5.41, 5.74) is 0.755. The zero-order chi connectivity index (χ0) is 20.3. The predicted octanol–water partition coefficient (Wildman–Crippen LogP) is 5.82. The number of hydrogen-bond donors (Lipinski definition) is 2. The Kier molecular flexibility index (Phi) is 5.90. The Morgan fingerprint density at radius 1 is 1.18 bits per heavy atom. The Hall–Kier alpha value is -2.59. The van der Waals surface area contributed by atoms with Crippen LogP contribution in [0, 0.1) is 0 Å². The Morgan fingerprint density at radius 2 is 1.86 bits per heavy atom. The van der Waals surface area contributed by atoms with E-state index in [1.54, 1.807) is 12.1 Å². The number of nitrogens with one attached hydrogen (secondary N) is 1. The lowest BCUT2D eigenvalue weighted by Crippen LogP contribution is -2.26. The first-order valence-corrected chi connectivity index (χ1v) is 9.71. The fourth-order valence-corrected chi connectivity index (χ4v) is 5.16. The molecule has 0 fully saturated rings. The van der Waals surface area contributed by atoms with Crippen molar-refractivity contribution in [2.75, 3.05) is 0 Å². The van der Waals surface area contributed by atoms with E-state index in [0.29, 0.717) is 6.42 Å². The van der Waals surface area contributed by atoms with Gasteiger partial charge in [-0.1, -0.05) is 0 Å². The van der Waals surface area contributed by atoms with Gasteiger partial charge in [-0.2, -0.15) is 0 Å². The van der Waals surface area contributed by atoms with Crippen LogP contribution < -0.4 is 10.1 Å². The van der Waals surface area contributed by atoms with Crippen LogP contribution in [0.3, 0.4) is 0 Å². The molecular formula is C18H14F3NO4S2. The fourth-order valence-electron chi connectivity index (χ4n) is 2.66. The standard InChI is InChI=1S/C18H14F3NO4S2/c19-18(20,21)26-11-5-3-10(4-6-11)13-8-15-16(27-13)9-14(28-15)12(2-1-7-23)22-17(24)25/h3-9,12,22H,1-2H2,(H,24,25). The summed E-state index contributed by atoms with van der Waals surface area (Å²) in [5.74, 6) is -0.283. The molecule has 5 nitrogen and oxygen atoms in total. The number of carbonyl (C=O) groups excluding carboxylic acids is 1. The molecule has 2 aromatic heterocycles. The van der Waals surface area contributed by atoms with Crippen molar-refractivity contribution in [1.29, 1.82) is 0 Å². The molecular weight excluding hydrogens is 415 g/mol. The summed E-state index contributed by atoms with van der Waals surface area (Å²) in [6.45, 7) is 0. The zero-order valence-electron chi connectivity index (χ0n) is 14.2. The maximum atomic E-state index is 12.2. The number of amides is 1. The first-order valence-electron chi connectivity index (χ1n) is 8.08. The molecule has 0 aliphatic carbocycles. The number of aldehydes is 1. The predicted molar refractivity (Wildman–Crippen MR) is 101 cm³/mol. The van der Waals surface area contributed by atoms with Gasteiger partial charge in [-0.25, -0.2) is 4.79 Å². The average molecular weight is 429 g/mol. The van der Waals surface area contributed by atoms with Gasteiger partial charge in [0.05, 0.1) is 6.04 Å². The molecule has 1 aromatic carbocycles. The van der Waals surface area contributed by atoms with E-state index in [0.717, 1.165) is 31.0 Å². The van der Waals surface area contributed by atoms with Crippen LogP contribution in [0.2, 0.25) is 0 Å². The maximum Gasteiger partial charge on any atom is 0.573 e. The number of rotatable bonds is 7. The highest BCUT2D eigenvalue weighted by atomic mass is 32.1. The van der Waals surface area contributed by atoms with Gasteiger partial charge in [0.25, 0.3) is 0 Å². The van der Waals surface area contributed by atoms with Crippen LogP contribution in [-0.2, 0) is 4.79 Å². The number of benzene rings is 1. The summed E-state index contributed by atoms with van der Waals surface area (Å²) in [5, 5.41) is 11.4. The highest BCUT2D eigenvalue weighted by molar-refractivity contribution is 7.29. The number of ether oxygens (including phenoxy) is 1. The summed E-state index contributed by atoms with van der Waals surface area (Å²) >= 11 is 2.87. The van der Waals surface area contributed by atoms with Crippen molar-refractivity contribution in [3.8, 4) is 16.2 Å². The number of fused-ring (bicyclic) bond motifs is 1. The normalized spacial score (nSPS) is 12.7. The van der Waals surface area contributed by atoms with Crippen LogP contribution in [0.1, 0.15) is 23.8 Å². The molecule has 10 heteroatoms. The van der Waals surface area contributed by atoms with Crippen molar-refractivity contribution in [2.24, 2.45) is 0 Å². The van der Waals surface area contributed by atoms with Crippen LogP contribution >= 0.6 is 22.7 Å². The van der Waals surface area contributed by atoms with Gasteiger partial charge in [-0.05, 0) is 48.4 Å². The minimum atomic E-state index is -4.73. The first kappa shape index (κ1) is 20.2. The van der Waals surface area contributed by atoms with Crippen molar-refractivity contribution in [2.45, 2.75) is 25.2 Å². The lowest BCUT2D eigenvalue weighted by Gasteiger charge is -2.13. The third kappa shape index (κ3) is 5.02. The second-order valence-electron chi connectivity index (χ2n) is 5.81. The Morgan fingerprint density at radius 3 is 2.43 bits per heavy atom. The number of thiophene rings is 2. The molecule has 1 unspecified atom stereocenters. The monoisotopic (exact) mass is 429 g/mol. The summed E-state index contributed by atoms with van der Waals surface area (Å²) in [4.78, 5) is 23.3. The van der Waals surface area contributed by atoms with Crippen molar-refractivity contribution < 1.29 is 32.6 Å². The van der Waals surface area contributed by atoms with Gasteiger partial charge in [-0.3, -0.25) is 0 Å². The van der Waals surface area contributed by atoms with Crippen LogP contribution in [0.4, 0.5) is 18.0 Å². The SMILES string of the molecule is O=CCCC(NC(=O)O)c1cc2sc(-c3ccc(OC(F)(F)F)cc3)cc2s1. The lowest BCUT2D eigenvalue weighted by molar-refractivity contribution is -0.274. The van der Waals surface area contributed by atoms with Crippen molar-refractivity contribution in [1.82, 2.24) is 5.32 Å². The summed E-state index contributed by atoms with van der Waals surface area (Å²) < 4.78 is 42.5. The molecule has 2 N–H and O–H groups in total. The summed E-state index contributed by atoms with van der Waals surface area (Å²) in [6.07, 6.45) is -4.52. The van der Waals surface area contributed by atoms with Gasteiger partial charge in [0.2, 0.25) is 0 Å². The molecule has 0 aliphatic rings. The Bertz CT molecular complexity index is 948. The molecule has 3 rings (SSSR count). The Balaban J connectivity index is 1.81. The molecule has 3 aromatic rings. The smallest absolute Gasteiger partial charge is 0.465 e. The van der Waals surface area contributed by atoms with Crippen molar-refractivity contribution in [3.05, 3.63) is 41.3 Å². The molecule has 2 heterocycles. The van der Waals surface area contributed by atoms with Gasteiger partial charge in [0, 0.05) is 25.6 Å². The number of hydrogen-bond acceptors (Lipinski definition) is 5. The number of halogens is 3. The molecule has 0 radical (unpaired) electrons. The van der Waals surface area contributed by atoms with Gasteiger partial charge < -0.3 is 20.0 Å². The molecule has 148 valence electrons. The van der Waals surface area contributed by atoms with E-state index in [1.165, 1.54) is 34.8 Å². The molecule has 0 aliphatic heterocycles. The first-order chi connectivity index (χ1) is 13.2. The largest absolute Gasteiger partial charge is 0.573 e. The third-order valence-electron chi connectivity index (χ3n) is 3.81. The highest BCUT2D eigenvalue weighted by Crippen LogP contribution is 2.41. The molecule has 0 saturated carbocycles. The maximum absolute atomic E-state index is 12.2. The molecule has 28 heavy (non-hydrogen) atoms. The lowest BCUT2D eigenvalue weighted by atomic mass is 10.1. The molecule has 0 bridgehead atoms. The zero-order valence-corrected chi connectivity index (χ0v) is 15.8. The number of carboxylic acid groups (broad SMARTS) is 1. The summed E-state index contributed by atoms with van der Waals surface area (Å²) in [7, 11) is 0. The van der Waals surface area contributed by atoms with E-state index in [2.05, 4.69) is 10.1 Å². The molecule has 0 saturated heterocycles. The summed E-state index contributed by atoms with van der Waals surface area (Å²) in [6, 6.07) is 8.94. The Labute approximate surface area is 165 Å². The second-order valence-corrected chi connectivity index (χ2v) is 8.01. The fraction of sp³-hybridized carbons (Fsp3) is 0.222. The molecule has 1 atom stereocenters. The van der Waals surface area contributed by atoms with Crippen LogP contribution in [0.5, 0.6) is 5.75 Å². The minimum Gasteiger partial charge on any atom is -0.465 e. The molecule has 0 spiro atoms. The van der Waals surface area contributed by atoms with Gasteiger partial charge in [0.1, 0.15) is 12.0 Å². The number of alkyl halides is 3. The molecule has 1 amide bonds. The van der Waals surface area contributed by atoms with E-state index in [9.17, 15) is 22.8 Å². The second kappa shape index (κ2) is 8.19. The van der Waals surface area contributed by atoms with E-state index in [-0.39, 0.29) is 12.2 Å². The third-order valence-corrected chi connectivity index (χ3v) is 6.27. The van der Waals surface area contributed by atoms with E-state index in [4.69, 9.17) is 5.11 Å². The minimum absolute atomic E-state index is 0.244. The quantitative estimate of drug-likeness (QED) is 0.464. The van der Waals surface area contributed by atoms with E-state index in [1.807, 2.05) is 12.1 Å². The van der Waals surface area contributed by atoms with Gasteiger partial charge in [0.15, 0.2) is 0 Å². The van der Waals surface area contributed by atoms with Gasteiger partial charge >= 0.3 is 12.5 Å². The van der Waals surface area contributed by atoms with Crippen LogP contribution in [-0.4, -0.2) is 23.8 Å². The van der Waals surface area contributed by atoms with E-state index < -0.39 is 18.5 Å². The average Bonchev–Trinajstić information content (AvgIpc) is 3.16. The van der Waals surface area contributed by atoms with Crippen LogP contribution in [0.15, 0.2) is 36.4 Å². The van der Waals surface area contributed by atoms with Crippen molar-refractivity contribution in [3.63, 3.8) is 0 Å². The van der Waals surface area contributed by atoms with Crippen molar-refractivity contribution >= 4 is 44.5 Å².